The summed E-state index contributed by atoms with van der Waals surface area (Å²) in [5.41, 5.74) is 10.2. The molecule has 1 heterocycles. The van der Waals surface area contributed by atoms with Crippen LogP contribution in [0.5, 0.6) is 0 Å². The lowest BCUT2D eigenvalue weighted by Gasteiger charge is -2.19. The zero-order valence-electron chi connectivity index (χ0n) is 15.8. The first-order valence-corrected chi connectivity index (χ1v) is 9.21. The molecule has 0 saturated heterocycles. The van der Waals surface area contributed by atoms with Crippen LogP contribution < -0.4 is 10.6 Å². The molecule has 0 atom stereocenters. The van der Waals surface area contributed by atoms with E-state index in [9.17, 15) is 9.18 Å². The molecule has 2 aromatic carbocycles. The van der Waals surface area contributed by atoms with E-state index in [1.165, 1.54) is 6.07 Å². The second kappa shape index (κ2) is 8.44. The number of hydrogen-bond acceptors (Lipinski definition) is 4. The number of carbonyl (C=O) groups is 1. The Balaban J connectivity index is 1.66. The average molecular weight is 401 g/mol. The molecule has 146 valence electrons. The first-order chi connectivity index (χ1) is 13.3. The first kappa shape index (κ1) is 19.9. The Labute approximate surface area is 168 Å². The molecule has 7 heteroatoms. The van der Waals surface area contributed by atoms with Gasteiger partial charge in [0.15, 0.2) is 0 Å². The standard InChI is InChI=1S/C21H22ClFN4O/c1-26(2)21(28)15-4-3-5-17(9-15)27-12-16(20(24)13-27)11-25-10-14-6-7-19(23)18(22)8-14/h3-9,11H,10,12-13,24H2,1-2H3. The SMILES string of the molecule is CN(C)C(=O)c1cccc(N2CC(N)=C(C=NCc3ccc(F)c(Cl)c3)C2)c1. The minimum Gasteiger partial charge on any atom is -0.400 e. The van der Waals surface area contributed by atoms with Crippen LogP contribution in [0.25, 0.3) is 0 Å². The Bertz CT molecular complexity index is 955. The Morgan fingerprint density at radius 1 is 1.29 bits per heavy atom. The summed E-state index contributed by atoms with van der Waals surface area (Å²) in [5, 5.41) is 0.0885. The van der Waals surface area contributed by atoms with Gasteiger partial charge in [-0.25, -0.2) is 4.39 Å². The third-order valence-electron chi connectivity index (χ3n) is 4.50. The van der Waals surface area contributed by atoms with Crippen molar-refractivity contribution >= 4 is 29.4 Å². The molecule has 1 amide bonds. The highest BCUT2D eigenvalue weighted by Gasteiger charge is 2.20. The average Bonchev–Trinajstić information content (AvgIpc) is 3.05. The number of benzene rings is 2. The van der Waals surface area contributed by atoms with E-state index in [2.05, 4.69) is 9.89 Å². The molecule has 1 aliphatic heterocycles. The minimum atomic E-state index is -0.442. The lowest BCUT2D eigenvalue weighted by atomic mass is 10.1. The number of anilines is 1. The summed E-state index contributed by atoms with van der Waals surface area (Å²) in [6.07, 6.45) is 1.75. The van der Waals surface area contributed by atoms with Gasteiger partial charge in [0.05, 0.1) is 18.1 Å². The largest absolute Gasteiger partial charge is 0.400 e. The van der Waals surface area contributed by atoms with E-state index in [0.717, 1.165) is 22.5 Å². The van der Waals surface area contributed by atoms with Crippen molar-refractivity contribution in [3.8, 4) is 0 Å². The van der Waals surface area contributed by atoms with Gasteiger partial charge in [0.2, 0.25) is 0 Å². The third-order valence-corrected chi connectivity index (χ3v) is 4.79. The number of halogens is 2. The van der Waals surface area contributed by atoms with E-state index in [1.807, 2.05) is 18.2 Å². The summed E-state index contributed by atoms with van der Waals surface area (Å²) in [4.78, 5) is 20.2. The van der Waals surface area contributed by atoms with Crippen LogP contribution in [0.2, 0.25) is 5.02 Å². The van der Waals surface area contributed by atoms with Crippen LogP contribution in [0.3, 0.4) is 0 Å². The molecule has 2 N–H and O–H groups in total. The fourth-order valence-corrected chi connectivity index (χ4v) is 3.17. The Morgan fingerprint density at radius 3 is 2.79 bits per heavy atom. The lowest BCUT2D eigenvalue weighted by Crippen LogP contribution is -2.24. The number of carbonyl (C=O) groups excluding carboxylic acids is 1. The molecule has 0 spiro atoms. The summed E-state index contributed by atoms with van der Waals surface area (Å²) in [6.45, 7) is 1.58. The van der Waals surface area contributed by atoms with E-state index in [4.69, 9.17) is 17.3 Å². The highest BCUT2D eigenvalue weighted by atomic mass is 35.5. The minimum absolute atomic E-state index is 0.0401. The van der Waals surface area contributed by atoms with Crippen molar-refractivity contribution < 1.29 is 9.18 Å². The van der Waals surface area contributed by atoms with Gasteiger partial charge in [-0.3, -0.25) is 9.79 Å². The molecule has 28 heavy (non-hydrogen) atoms. The quantitative estimate of drug-likeness (QED) is 0.781. The number of rotatable bonds is 5. The van der Waals surface area contributed by atoms with Crippen molar-refractivity contribution in [2.45, 2.75) is 6.54 Å². The predicted octanol–water partition coefficient (Wildman–Crippen LogP) is 3.48. The van der Waals surface area contributed by atoms with Crippen LogP contribution in [0.1, 0.15) is 15.9 Å². The Kier molecular flexibility index (Phi) is 5.99. The molecule has 0 aliphatic carbocycles. The maximum absolute atomic E-state index is 13.2. The van der Waals surface area contributed by atoms with Crippen LogP contribution in [0, 0.1) is 5.82 Å². The van der Waals surface area contributed by atoms with Gasteiger partial charge >= 0.3 is 0 Å². The topological polar surface area (TPSA) is 61.9 Å². The number of amides is 1. The van der Waals surface area contributed by atoms with E-state index < -0.39 is 5.82 Å². The van der Waals surface area contributed by atoms with E-state index in [0.29, 0.717) is 25.2 Å². The van der Waals surface area contributed by atoms with Crippen LogP contribution >= 0.6 is 11.6 Å². The van der Waals surface area contributed by atoms with Crippen LogP contribution in [0.15, 0.2) is 58.7 Å². The van der Waals surface area contributed by atoms with Gasteiger partial charge in [-0.1, -0.05) is 23.7 Å². The van der Waals surface area contributed by atoms with Crippen molar-refractivity contribution in [2.24, 2.45) is 10.7 Å². The summed E-state index contributed by atoms with van der Waals surface area (Å²) in [5.74, 6) is -0.482. The molecular weight excluding hydrogens is 379 g/mol. The van der Waals surface area contributed by atoms with Gasteiger partial charge in [-0.2, -0.15) is 0 Å². The van der Waals surface area contributed by atoms with Crippen molar-refractivity contribution in [3.63, 3.8) is 0 Å². The van der Waals surface area contributed by atoms with Gasteiger partial charge in [0.25, 0.3) is 5.91 Å². The number of nitrogens with two attached hydrogens (primary N) is 1. The molecule has 0 saturated carbocycles. The fourth-order valence-electron chi connectivity index (χ4n) is 2.97. The van der Waals surface area contributed by atoms with Gasteiger partial charge in [-0.05, 0) is 35.9 Å². The van der Waals surface area contributed by atoms with Gasteiger partial charge in [-0.15, -0.1) is 0 Å². The molecule has 1 aliphatic rings. The van der Waals surface area contributed by atoms with E-state index >= 15 is 0 Å². The van der Waals surface area contributed by atoms with Gasteiger partial charge < -0.3 is 15.5 Å². The van der Waals surface area contributed by atoms with Crippen molar-refractivity contribution in [2.75, 3.05) is 32.1 Å². The van der Waals surface area contributed by atoms with Crippen molar-refractivity contribution in [1.29, 1.82) is 0 Å². The molecule has 3 rings (SSSR count). The summed E-state index contributed by atoms with van der Waals surface area (Å²) in [7, 11) is 3.46. The third kappa shape index (κ3) is 4.51. The smallest absolute Gasteiger partial charge is 0.253 e. The molecule has 5 nitrogen and oxygen atoms in total. The maximum atomic E-state index is 13.2. The number of aliphatic imine (C=N–C) groups is 1. The number of nitrogens with zero attached hydrogens (tertiary/aromatic N) is 3. The summed E-state index contributed by atoms with van der Waals surface area (Å²) < 4.78 is 13.2. The molecule has 0 radical (unpaired) electrons. The molecule has 2 aromatic rings. The number of hydrogen-bond donors (Lipinski definition) is 1. The van der Waals surface area contributed by atoms with Gasteiger partial charge in [0.1, 0.15) is 5.82 Å². The van der Waals surface area contributed by atoms with E-state index in [-0.39, 0.29) is 10.9 Å². The molecule has 0 aromatic heterocycles. The maximum Gasteiger partial charge on any atom is 0.253 e. The molecule has 0 fully saturated rings. The monoisotopic (exact) mass is 400 g/mol. The lowest BCUT2D eigenvalue weighted by molar-refractivity contribution is 0.0827. The van der Waals surface area contributed by atoms with E-state index in [1.54, 1.807) is 43.4 Å². The highest BCUT2D eigenvalue weighted by molar-refractivity contribution is 6.30. The molecule has 0 bridgehead atoms. The first-order valence-electron chi connectivity index (χ1n) is 8.83. The predicted molar refractivity (Wildman–Crippen MR) is 111 cm³/mol. The second-order valence-electron chi connectivity index (χ2n) is 6.87. The molecule has 0 unspecified atom stereocenters. The van der Waals surface area contributed by atoms with Crippen molar-refractivity contribution in [1.82, 2.24) is 4.90 Å². The summed E-state index contributed by atoms with van der Waals surface area (Å²) >= 11 is 5.79. The summed E-state index contributed by atoms with van der Waals surface area (Å²) in [6, 6.07) is 12.1. The highest BCUT2D eigenvalue weighted by Crippen LogP contribution is 2.23. The van der Waals surface area contributed by atoms with Crippen LogP contribution in [-0.4, -0.2) is 44.2 Å². The molecular formula is C21H22ClFN4O. The van der Waals surface area contributed by atoms with Crippen LogP contribution in [0.4, 0.5) is 10.1 Å². The Morgan fingerprint density at radius 2 is 2.07 bits per heavy atom. The Hall–Kier alpha value is -2.86. The fraction of sp³-hybridized carbons (Fsp3) is 0.238. The van der Waals surface area contributed by atoms with Crippen molar-refractivity contribution in [3.05, 3.63) is 75.7 Å². The van der Waals surface area contributed by atoms with Gasteiger partial charge in [0, 0.05) is 49.4 Å². The zero-order valence-corrected chi connectivity index (χ0v) is 16.6. The van der Waals surface area contributed by atoms with Crippen LogP contribution in [-0.2, 0) is 6.54 Å². The second-order valence-corrected chi connectivity index (χ2v) is 7.28. The normalized spacial score (nSPS) is 14.2. The zero-order chi connectivity index (χ0) is 20.3.